The summed E-state index contributed by atoms with van der Waals surface area (Å²) in [5.74, 6) is -0.0936. The van der Waals surface area contributed by atoms with Gasteiger partial charge in [-0.25, -0.2) is 0 Å². The molecule has 100 valence electrons. The van der Waals surface area contributed by atoms with Crippen molar-refractivity contribution >= 4 is 5.78 Å². The summed E-state index contributed by atoms with van der Waals surface area (Å²) in [7, 11) is 0. The van der Waals surface area contributed by atoms with E-state index in [1.807, 2.05) is 32.9 Å². The molecule has 0 fully saturated rings. The number of rotatable bonds is 4. The summed E-state index contributed by atoms with van der Waals surface area (Å²) < 4.78 is 1.59. The number of carbonyl (C=O) groups is 1. The number of hydrogen-bond acceptors (Lipinski definition) is 4. The highest BCUT2D eigenvalue weighted by Crippen LogP contribution is 2.18. The zero-order valence-electron chi connectivity index (χ0n) is 11.5. The molecule has 0 saturated carbocycles. The molecule has 1 heterocycles. The molecule has 0 aliphatic heterocycles. The van der Waals surface area contributed by atoms with Crippen molar-refractivity contribution < 1.29 is 4.79 Å². The van der Waals surface area contributed by atoms with Gasteiger partial charge in [-0.3, -0.25) is 9.48 Å². The van der Waals surface area contributed by atoms with Gasteiger partial charge in [-0.1, -0.05) is 11.3 Å². The molecule has 0 unspecified atom stereocenters. The molecule has 5 heteroatoms. The molecule has 19 heavy (non-hydrogen) atoms. The largest absolute Gasteiger partial charge is 0.329 e. The molecule has 0 saturated heterocycles. The second-order valence-corrected chi connectivity index (χ2v) is 4.74. The summed E-state index contributed by atoms with van der Waals surface area (Å²) in [6, 6.07) is 3.93. The van der Waals surface area contributed by atoms with Crippen LogP contribution in [0.15, 0.2) is 18.3 Å². The highest BCUT2D eigenvalue weighted by atomic mass is 16.1. The highest BCUT2D eigenvalue weighted by molar-refractivity contribution is 6.08. The van der Waals surface area contributed by atoms with Crippen LogP contribution in [0, 0.1) is 20.8 Å². The third-order valence-electron chi connectivity index (χ3n) is 3.21. The molecule has 2 N–H and O–H groups in total. The lowest BCUT2D eigenvalue weighted by atomic mass is 9.97. The minimum absolute atomic E-state index is 0.0936. The van der Waals surface area contributed by atoms with E-state index in [2.05, 4.69) is 10.3 Å². The van der Waals surface area contributed by atoms with Crippen LogP contribution in [0.25, 0.3) is 0 Å². The smallest absolute Gasteiger partial charge is 0.215 e. The van der Waals surface area contributed by atoms with E-state index in [4.69, 9.17) is 5.73 Å². The van der Waals surface area contributed by atoms with Gasteiger partial charge in [-0.05, 0) is 43.5 Å². The normalized spacial score (nSPS) is 10.7. The molecule has 0 spiro atoms. The number of ketones is 1. The highest BCUT2D eigenvalue weighted by Gasteiger charge is 2.16. The Morgan fingerprint density at radius 3 is 2.58 bits per heavy atom. The number of hydrogen-bond donors (Lipinski definition) is 1. The van der Waals surface area contributed by atoms with Crippen LogP contribution in [0.3, 0.4) is 0 Å². The summed E-state index contributed by atoms with van der Waals surface area (Å²) in [5, 5.41) is 7.80. The molecule has 1 aromatic heterocycles. The van der Waals surface area contributed by atoms with Crippen molar-refractivity contribution in [1.82, 2.24) is 15.0 Å². The minimum Gasteiger partial charge on any atom is -0.329 e. The second-order valence-electron chi connectivity index (χ2n) is 4.74. The van der Waals surface area contributed by atoms with E-state index >= 15 is 0 Å². The fourth-order valence-electron chi connectivity index (χ4n) is 1.99. The first-order valence-corrected chi connectivity index (χ1v) is 6.25. The standard InChI is InChI=1S/C14H18N4O/c1-9-6-11(3)12(7-10(9)2)14(19)13-8-18(5-4-15)17-16-13/h6-8H,4-5,15H2,1-3H3. The maximum atomic E-state index is 12.4. The molecular formula is C14H18N4O. The van der Waals surface area contributed by atoms with Crippen LogP contribution in [0.1, 0.15) is 32.7 Å². The summed E-state index contributed by atoms with van der Waals surface area (Å²) in [6.07, 6.45) is 1.64. The number of nitrogens with zero attached hydrogens (tertiary/aromatic N) is 3. The molecule has 0 aliphatic rings. The minimum atomic E-state index is -0.0936. The molecular weight excluding hydrogens is 240 g/mol. The van der Waals surface area contributed by atoms with Crippen LogP contribution in [-0.2, 0) is 6.54 Å². The van der Waals surface area contributed by atoms with E-state index in [0.29, 0.717) is 24.3 Å². The average Bonchev–Trinajstić information content (AvgIpc) is 2.82. The summed E-state index contributed by atoms with van der Waals surface area (Å²) >= 11 is 0. The predicted molar refractivity (Wildman–Crippen MR) is 73.2 cm³/mol. The van der Waals surface area contributed by atoms with Gasteiger partial charge in [0.05, 0.1) is 12.7 Å². The van der Waals surface area contributed by atoms with Crippen molar-refractivity contribution in [1.29, 1.82) is 0 Å². The first kappa shape index (κ1) is 13.4. The summed E-state index contributed by atoms with van der Waals surface area (Å²) in [4.78, 5) is 12.4. The van der Waals surface area contributed by atoms with Crippen LogP contribution in [-0.4, -0.2) is 27.3 Å². The fourth-order valence-corrected chi connectivity index (χ4v) is 1.99. The quantitative estimate of drug-likeness (QED) is 0.841. The van der Waals surface area contributed by atoms with Crippen molar-refractivity contribution in [2.24, 2.45) is 5.73 Å². The van der Waals surface area contributed by atoms with Crippen molar-refractivity contribution in [2.75, 3.05) is 6.54 Å². The molecule has 0 atom stereocenters. The average molecular weight is 258 g/mol. The van der Waals surface area contributed by atoms with Gasteiger partial charge in [0.15, 0.2) is 5.69 Å². The summed E-state index contributed by atoms with van der Waals surface area (Å²) in [6.45, 7) is 7.00. The van der Waals surface area contributed by atoms with Gasteiger partial charge in [0, 0.05) is 12.1 Å². The lowest BCUT2D eigenvalue weighted by molar-refractivity contribution is 0.103. The Bertz CT molecular complexity index is 616. The Labute approximate surface area is 112 Å². The van der Waals surface area contributed by atoms with E-state index in [0.717, 1.165) is 11.1 Å². The molecule has 0 aliphatic carbocycles. The fraction of sp³-hybridized carbons (Fsp3) is 0.357. The Balaban J connectivity index is 2.35. The Morgan fingerprint density at radius 1 is 1.21 bits per heavy atom. The lowest BCUT2D eigenvalue weighted by Crippen LogP contribution is -2.10. The van der Waals surface area contributed by atoms with Gasteiger partial charge < -0.3 is 5.73 Å². The van der Waals surface area contributed by atoms with E-state index in [1.54, 1.807) is 10.9 Å². The van der Waals surface area contributed by atoms with Crippen molar-refractivity contribution in [2.45, 2.75) is 27.3 Å². The van der Waals surface area contributed by atoms with Crippen LogP contribution < -0.4 is 5.73 Å². The number of benzene rings is 1. The lowest BCUT2D eigenvalue weighted by Gasteiger charge is -2.07. The molecule has 0 amide bonds. The monoisotopic (exact) mass is 258 g/mol. The van der Waals surface area contributed by atoms with Crippen LogP contribution in [0.4, 0.5) is 0 Å². The van der Waals surface area contributed by atoms with Crippen LogP contribution in [0.2, 0.25) is 0 Å². The Morgan fingerprint density at radius 2 is 1.89 bits per heavy atom. The third-order valence-corrected chi connectivity index (χ3v) is 3.21. The van der Waals surface area contributed by atoms with E-state index in [-0.39, 0.29) is 5.78 Å². The van der Waals surface area contributed by atoms with E-state index < -0.39 is 0 Å². The maximum absolute atomic E-state index is 12.4. The molecule has 0 radical (unpaired) electrons. The second kappa shape index (κ2) is 5.32. The van der Waals surface area contributed by atoms with Gasteiger partial charge in [0.25, 0.3) is 0 Å². The molecule has 1 aromatic carbocycles. The predicted octanol–water partition coefficient (Wildman–Crippen LogP) is 1.39. The van der Waals surface area contributed by atoms with Crippen LogP contribution in [0.5, 0.6) is 0 Å². The van der Waals surface area contributed by atoms with E-state index in [1.165, 1.54) is 5.56 Å². The summed E-state index contributed by atoms with van der Waals surface area (Å²) in [5.41, 5.74) is 9.73. The number of aryl methyl sites for hydroxylation is 3. The van der Waals surface area contributed by atoms with Crippen molar-refractivity contribution in [3.8, 4) is 0 Å². The third kappa shape index (κ3) is 2.71. The number of carbonyl (C=O) groups excluding carboxylic acids is 1. The SMILES string of the molecule is Cc1cc(C)c(C(=O)c2cn(CCN)nn2)cc1C. The van der Waals surface area contributed by atoms with Crippen LogP contribution >= 0.6 is 0 Å². The number of aromatic nitrogens is 3. The Kier molecular flexibility index (Phi) is 3.76. The van der Waals surface area contributed by atoms with Gasteiger partial charge in [-0.15, -0.1) is 5.10 Å². The molecule has 2 aromatic rings. The van der Waals surface area contributed by atoms with Crippen molar-refractivity contribution in [3.05, 3.63) is 46.3 Å². The zero-order chi connectivity index (χ0) is 14.0. The molecule has 2 rings (SSSR count). The van der Waals surface area contributed by atoms with E-state index in [9.17, 15) is 4.79 Å². The van der Waals surface area contributed by atoms with Gasteiger partial charge in [0.1, 0.15) is 0 Å². The van der Waals surface area contributed by atoms with Gasteiger partial charge in [-0.2, -0.15) is 0 Å². The zero-order valence-corrected chi connectivity index (χ0v) is 11.5. The molecule has 5 nitrogen and oxygen atoms in total. The maximum Gasteiger partial charge on any atom is 0.215 e. The first-order valence-electron chi connectivity index (χ1n) is 6.25. The van der Waals surface area contributed by atoms with Gasteiger partial charge in [0.2, 0.25) is 5.78 Å². The number of nitrogens with two attached hydrogens (primary N) is 1. The topological polar surface area (TPSA) is 73.8 Å². The Hall–Kier alpha value is -2.01. The molecule has 0 bridgehead atoms. The van der Waals surface area contributed by atoms with Crippen molar-refractivity contribution in [3.63, 3.8) is 0 Å². The first-order chi connectivity index (χ1) is 9.02. The van der Waals surface area contributed by atoms with Gasteiger partial charge >= 0.3 is 0 Å².